The number of ether oxygens (including phenoxy) is 2. The van der Waals surface area contributed by atoms with E-state index in [2.05, 4.69) is 20.7 Å². The minimum atomic E-state index is -4.76. The highest BCUT2D eigenvalue weighted by atomic mass is 79.9. The van der Waals surface area contributed by atoms with Crippen LogP contribution < -0.4 is 9.47 Å². The molecule has 0 aliphatic carbocycles. The van der Waals surface area contributed by atoms with Crippen LogP contribution in [0.2, 0.25) is 0 Å². The molecule has 0 bridgehead atoms. The quantitative estimate of drug-likeness (QED) is 0.478. The predicted molar refractivity (Wildman–Crippen MR) is 91.1 cm³/mol. The van der Waals surface area contributed by atoms with Crippen LogP contribution in [0.25, 0.3) is 0 Å². The van der Waals surface area contributed by atoms with Gasteiger partial charge in [-0.25, -0.2) is 0 Å². The van der Waals surface area contributed by atoms with Gasteiger partial charge in [0.15, 0.2) is 0 Å². The third kappa shape index (κ3) is 4.98. The molecule has 1 unspecified atom stereocenters. The van der Waals surface area contributed by atoms with Gasteiger partial charge >= 0.3 is 6.36 Å². The molecule has 25 heavy (non-hydrogen) atoms. The molecule has 0 fully saturated rings. The lowest BCUT2D eigenvalue weighted by atomic mass is 9.92. The molecule has 0 N–H and O–H groups in total. The topological polar surface area (TPSA) is 35.5 Å². The number of benzene rings is 2. The number of carbonyl (C=O) groups is 1. The number of halogens is 4. The lowest BCUT2D eigenvalue weighted by molar-refractivity contribution is -0.274. The normalized spacial score (nSPS) is 14.0. The average molecular weight is 417 g/mol. The first-order chi connectivity index (χ1) is 11.6. The van der Waals surface area contributed by atoms with Gasteiger partial charge in [-0.3, -0.25) is 0 Å². The Morgan fingerprint density at radius 1 is 0.920 bits per heavy atom. The van der Waals surface area contributed by atoms with E-state index in [1.165, 1.54) is 24.3 Å². The zero-order valence-corrected chi connectivity index (χ0v) is 15.1. The molecular weight excluding hydrogens is 401 g/mol. The minimum absolute atomic E-state index is 0.0202. The molecule has 134 valence electrons. The Kier molecular flexibility index (Phi) is 5.77. The molecule has 2 aromatic rings. The van der Waals surface area contributed by atoms with Crippen molar-refractivity contribution in [2.45, 2.75) is 30.6 Å². The molecule has 0 saturated carbocycles. The van der Waals surface area contributed by atoms with Crippen LogP contribution in [-0.2, 0) is 9.12 Å². The Hall–Kier alpha value is -2.02. The number of hydrogen-bond acceptors (Lipinski definition) is 3. The van der Waals surface area contributed by atoms with Crippen molar-refractivity contribution in [3.8, 4) is 11.5 Å². The summed E-state index contributed by atoms with van der Waals surface area (Å²) in [7, 11) is 0. The van der Waals surface area contributed by atoms with Gasteiger partial charge in [0.2, 0.25) is 0 Å². The first kappa shape index (κ1) is 19.3. The van der Waals surface area contributed by atoms with Gasteiger partial charge < -0.3 is 14.3 Å². The second-order valence-electron chi connectivity index (χ2n) is 5.59. The largest absolute Gasteiger partial charge is 0.573 e. The SMILES string of the molecule is CC(C)Oc1ccc(C(Br)(C=O)c2ccc(OC(F)(F)F)cc2)cc1. The van der Waals surface area contributed by atoms with Crippen LogP contribution in [0.1, 0.15) is 25.0 Å². The monoisotopic (exact) mass is 416 g/mol. The molecule has 0 heterocycles. The van der Waals surface area contributed by atoms with Crippen LogP contribution in [0.5, 0.6) is 11.5 Å². The fourth-order valence-corrected chi connectivity index (χ4v) is 2.78. The van der Waals surface area contributed by atoms with E-state index in [-0.39, 0.29) is 11.9 Å². The molecule has 0 saturated heterocycles. The third-order valence-corrected chi connectivity index (χ3v) is 4.42. The maximum atomic E-state index is 12.2. The number of alkyl halides is 4. The van der Waals surface area contributed by atoms with Crippen molar-refractivity contribution in [1.82, 2.24) is 0 Å². The summed E-state index contributed by atoms with van der Waals surface area (Å²) in [4.78, 5) is 11.7. The molecular formula is C18H16BrF3O3. The van der Waals surface area contributed by atoms with Crippen molar-refractivity contribution in [3.05, 3.63) is 59.7 Å². The lowest BCUT2D eigenvalue weighted by Crippen LogP contribution is -2.22. The van der Waals surface area contributed by atoms with Gasteiger partial charge in [-0.2, -0.15) is 0 Å². The molecule has 0 aliphatic rings. The highest BCUT2D eigenvalue weighted by Gasteiger charge is 2.33. The van der Waals surface area contributed by atoms with Crippen molar-refractivity contribution in [3.63, 3.8) is 0 Å². The highest BCUT2D eigenvalue weighted by Crippen LogP contribution is 2.38. The Morgan fingerprint density at radius 3 is 1.72 bits per heavy atom. The fraction of sp³-hybridized carbons (Fsp3) is 0.278. The predicted octanol–water partition coefficient (Wildman–Crippen LogP) is 5.21. The van der Waals surface area contributed by atoms with Crippen molar-refractivity contribution in [1.29, 1.82) is 0 Å². The number of carbonyl (C=O) groups excluding carboxylic acids is 1. The minimum Gasteiger partial charge on any atom is -0.491 e. The zero-order chi connectivity index (χ0) is 18.7. The molecule has 0 aromatic heterocycles. The summed E-state index contributed by atoms with van der Waals surface area (Å²) in [5.41, 5.74) is 1.11. The van der Waals surface area contributed by atoms with Crippen molar-refractivity contribution in [2.24, 2.45) is 0 Å². The van der Waals surface area contributed by atoms with Crippen LogP contribution in [0, 0.1) is 0 Å². The van der Waals surface area contributed by atoms with Gasteiger partial charge in [-0.1, -0.05) is 40.2 Å². The summed E-state index contributed by atoms with van der Waals surface area (Å²) >= 11 is 3.39. The van der Waals surface area contributed by atoms with Crippen molar-refractivity contribution in [2.75, 3.05) is 0 Å². The molecule has 1 atom stereocenters. The second kappa shape index (κ2) is 7.47. The van der Waals surface area contributed by atoms with E-state index in [0.29, 0.717) is 23.2 Å². The molecule has 3 nitrogen and oxygen atoms in total. The highest BCUT2D eigenvalue weighted by molar-refractivity contribution is 9.10. The molecule has 0 aliphatic heterocycles. The molecule has 2 aromatic carbocycles. The van der Waals surface area contributed by atoms with Crippen LogP contribution >= 0.6 is 15.9 Å². The average Bonchev–Trinajstić information content (AvgIpc) is 2.53. The summed E-state index contributed by atoms with van der Waals surface area (Å²) in [6, 6.07) is 12.1. The smallest absolute Gasteiger partial charge is 0.491 e. The number of aldehydes is 1. The Morgan fingerprint density at radius 2 is 1.36 bits per heavy atom. The molecule has 0 radical (unpaired) electrons. The summed E-state index contributed by atoms with van der Waals surface area (Å²) < 4.78 is 44.9. The van der Waals surface area contributed by atoms with Gasteiger partial charge in [0.25, 0.3) is 0 Å². The van der Waals surface area contributed by atoms with E-state index in [1.807, 2.05) is 13.8 Å². The standard InChI is InChI=1S/C18H16BrF3O3/c1-12(2)24-15-7-3-13(4-8-15)17(19,11-23)14-5-9-16(10-6-14)25-18(20,21)22/h3-12H,1-2H3. The molecule has 2 rings (SSSR count). The number of rotatable bonds is 6. The van der Waals surface area contributed by atoms with E-state index >= 15 is 0 Å². The summed E-state index contributed by atoms with van der Waals surface area (Å²) in [6.45, 7) is 3.80. The third-order valence-electron chi connectivity index (χ3n) is 3.32. The van der Waals surface area contributed by atoms with Gasteiger partial charge in [0.05, 0.1) is 6.10 Å². The van der Waals surface area contributed by atoms with Gasteiger partial charge in [-0.15, -0.1) is 13.2 Å². The van der Waals surface area contributed by atoms with E-state index in [9.17, 15) is 18.0 Å². The Balaban J connectivity index is 2.28. The fourth-order valence-electron chi connectivity index (χ4n) is 2.25. The van der Waals surface area contributed by atoms with Crippen LogP contribution in [0.4, 0.5) is 13.2 Å². The van der Waals surface area contributed by atoms with Crippen LogP contribution in [-0.4, -0.2) is 18.8 Å². The summed E-state index contributed by atoms with van der Waals surface area (Å²) in [6.07, 6.45) is -4.05. The first-order valence-corrected chi connectivity index (χ1v) is 8.22. The van der Waals surface area contributed by atoms with Crippen LogP contribution in [0.15, 0.2) is 48.5 Å². The van der Waals surface area contributed by atoms with E-state index in [0.717, 1.165) is 0 Å². The van der Waals surface area contributed by atoms with E-state index < -0.39 is 10.7 Å². The number of hydrogen-bond donors (Lipinski definition) is 0. The second-order valence-corrected chi connectivity index (χ2v) is 6.84. The maximum absolute atomic E-state index is 12.2. The lowest BCUT2D eigenvalue weighted by Gasteiger charge is -2.23. The van der Waals surface area contributed by atoms with E-state index in [4.69, 9.17) is 4.74 Å². The zero-order valence-electron chi connectivity index (χ0n) is 13.5. The molecule has 7 heteroatoms. The van der Waals surface area contributed by atoms with Gasteiger partial charge in [0, 0.05) is 0 Å². The molecule has 0 spiro atoms. The summed E-state index contributed by atoms with van der Waals surface area (Å²) in [5.74, 6) is 0.311. The first-order valence-electron chi connectivity index (χ1n) is 7.43. The van der Waals surface area contributed by atoms with Gasteiger partial charge in [0.1, 0.15) is 22.1 Å². The Labute approximate surface area is 151 Å². The molecule has 0 amide bonds. The van der Waals surface area contributed by atoms with Crippen molar-refractivity contribution < 1.29 is 27.4 Å². The van der Waals surface area contributed by atoms with E-state index in [1.54, 1.807) is 24.3 Å². The summed E-state index contributed by atoms with van der Waals surface area (Å²) in [5, 5.41) is 0. The maximum Gasteiger partial charge on any atom is 0.573 e. The van der Waals surface area contributed by atoms with Gasteiger partial charge in [-0.05, 0) is 49.2 Å². The van der Waals surface area contributed by atoms with Crippen LogP contribution in [0.3, 0.4) is 0 Å². The Bertz CT molecular complexity index is 712. The van der Waals surface area contributed by atoms with Crippen molar-refractivity contribution >= 4 is 22.2 Å².